The van der Waals surface area contributed by atoms with Gasteiger partial charge in [0, 0.05) is 30.1 Å². The number of amides is 1. The predicted molar refractivity (Wildman–Crippen MR) is 108 cm³/mol. The van der Waals surface area contributed by atoms with Gasteiger partial charge in [-0.25, -0.2) is 4.98 Å². The normalized spacial score (nSPS) is 15.4. The van der Waals surface area contributed by atoms with E-state index in [2.05, 4.69) is 26.8 Å². The average molecular weight is 384 g/mol. The summed E-state index contributed by atoms with van der Waals surface area (Å²) in [5.41, 5.74) is 3.34. The number of hydrogen-bond donors (Lipinski definition) is 1. The Bertz CT molecular complexity index is 972. The number of fused-ring (bicyclic) bond motifs is 1. The Labute approximate surface area is 163 Å². The smallest absolute Gasteiger partial charge is 0.252 e. The van der Waals surface area contributed by atoms with Crippen LogP contribution in [-0.2, 0) is 7.05 Å². The van der Waals surface area contributed by atoms with Gasteiger partial charge in [-0.3, -0.25) is 9.48 Å². The van der Waals surface area contributed by atoms with Gasteiger partial charge in [0.25, 0.3) is 5.91 Å². The number of likely N-dealkylation sites (N-methyl/N-ethyl adjacent to an activating group) is 1. The molecule has 3 heterocycles. The molecule has 4 rings (SSSR count). The van der Waals surface area contributed by atoms with E-state index < -0.39 is 0 Å². The van der Waals surface area contributed by atoms with Crippen LogP contribution in [-0.4, -0.2) is 46.2 Å². The van der Waals surface area contributed by atoms with Crippen LogP contribution in [0.4, 0.5) is 0 Å². The van der Waals surface area contributed by atoms with E-state index in [1.807, 2.05) is 40.2 Å². The maximum atomic E-state index is 13.1. The molecule has 1 aliphatic carbocycles. The fourth-order valence-electron chi connectivity index (χ4n) is 3.53. The first-order valence-electron chi connectivity index (χ1n) is 9.28. The highest BCUT2D eigenvalue weighted by molar-refractivity contribution is 7.10. The van der Waals surface area contributed by atoms with Gasteiger partial charge in [-0.2, -0.15) is 5.10 Å². The standard InChI is InChI=1S/C20H25N5OS/c1-12-18-14(10-15(13-7-8-13)22-19(18)25(4)23-12)20(26)21-11-16(24(2)3)17-6-5-9-27-17/h5-6,9-10,13,16H,7-8,11H2,1-4H3,(H,21,26). The summed E-state index contributed by atoms with van der Waals surface area (Å²) in [5, 5.41) is 10.6. The lowest BCUT2D eigenvalue weighted by Crippen LogP contribution is -2.34. The Morgan fingerprint density at radius 3 is 2.85 bits per heavy atom. The Morgan fingerprint density at radius 1 is 1.44 bits per heavy atom. The molecule has 1 unspecified atom stereocenters. The van der Waals surface area contributed by atoms with Crippen LogP contribution in [0, 0.1) is 6.92 Å². The topological polar surface area (TPSA) is 63.1 Å². The molecule has 1 aliphatic rings. The van der Waals surface area contributed by atoms with Crippen LogP contribution in [0.3, 0.4) is 0 Å². The number of carbonyl (C=O) groups excluding carboxylic acids is 1. The van der Waals surface area contributed by atoms with Crippen LogP contribution < -0.4 is 5.32 Å². The lowest BCUT2D eigenvalue weighted by Gasteiger charge is -2.23. The monoisotopic (exact) mass is 383 g/mol. The van der Waals surface area contributed by atoms with Gasteiger partial charge in [0.2, 0.25) is 0 Å². The van der Waals surface area contributed by atoms with Crippen molar-refractivity contribution in [2.45, 2.75) is 31.7 Å². The van der Waals surface area contributed by atoms with Gasteiger partial charge in [-0.05, 0) is 51.4 Å². The Balaban J connectivity index is 1.64. The predicted octanol–water partition coefficient (Wildman–Crippen LogP) is 3.25. The van der Waals surface area contributed by atoms with E-state index in [4.69, 9.17) is 4.98 Å². The zero-order valence-corrected chi connectivity index (χ0v) is 17.0. The summed E-state index contributed by atoms with van der Waals surface area (Å²) in [6.07, 6.45) is 2.30. The van der Waals surface area contributed by atoms with Crippen molar-refractivity contribution in [3.05, 3.63) is 45.4 Å². The second-order valence-electron chi connectivity index (χ2n) is 7.48. The van der Waals surface area contributed by atoms with Gasteiger partial charge in [-0.1, -0.05) is 6.07 Å². The van der Waals surface area contributed by atoms with E-state index >= 15 is 0 Å². The molecule has 0 aromatic carbocycles. The maximum absolute atomic E-state index is 13.1. The molecule has 1 amide bonds. The summed E-state index contributed by atoms with van der Waals surface area (Å²) < 4.78 is 1.78. The zero-order chi connectivity index (χ0) is 19.1. The quantitative estimate of drug-likeness (QED) is 0.710. The maximum Gasteiger partial charge on any atom is 0.252 e. The lowest BCUT2D eigenvalue weighted by atomic mass is 10.1. The first kappa shape index (κ1) is 18.1. The van der Waals surface area contributed by atoms with E-state index in [9.17, 15) is 4.79 Å². The number of hydrogen-bond acceptors (Lipinski definition) is 5. The molecule has 3 aromatic heterocycles. The van der Waals surface area contributed by atoms with Crippen molar-refractivity contribution in [3.8, 4) is 0 Å². The van der Waals surface area contributed by atoms with Crippen LogP contribution in [0.2, 0.25) is 0 Å². The molecule has 1 saturated carbocycles. The van der Waals surface area contributed by atoms with Crippen molar-refractivity contribution < 1.29 is 4.79 Å². The van der Waals surface area contributed by atoms with Crippen LogP contribution in [0.1, 0.15) is 51.4 Å². The summed E-state index contributed by atoms with van der Waals surface area (Å²) in [4.78, 5) is 21.3. The van der Waals surface area contributed by atoms with Crippen molar-refractivity contribution >= 4 is 28.3 Å². The van der Waals surface area contributed by atoms with Gasteiger partial charge >= 0.3 is 0 Å². The molecule has 0 saturated heterocycles. The molecule has 142 valence electrons. The van der Waals surface area contributed by atoms with E-state index in [-0.39, 0.29) is 11.9 Å². The number of thiophene rings is 1. The number of rotatable bonds is 6. The van der Waals surface area contributed by atoms with Crippen molar-refractivity contribution in [2.24, 2.45) is 7.05 Å². The minimum atomic E-state index is -0.0520. The fraction of sp³-hybridized carbons (Fsp3) is 0.450. The highest BCUT2D eigenvalue weighted by Gasteiger charge is 2.28. The molecule has 1 atom stereocenters. The molecule has 1 N–H and O–H groups in total. The van der Waals surface area contributed by atoms with Crippen LogP contribution in [0.15, 0.2) is 23.6 Å². The summed E-state index contributed by atoms with van der Waals surface area (Å²) in [5.74, 6) is 0.431. The van der Waals surface area contributed by atoms with Gasteiger partial charge < -0.3 is 10.2 Å². The number of nitrogens with zero attached hydrogens (tertiary/aromatic N) is 4. The number of aromatic nitrogens is 3. The molecule has 1 fully saturated rings. The Hall–Kier alpha value is -2.25. The Kier molecular flexibility index (Phi) is 4.74. The zero-order valence-electron chi connectivity index (χ0n) is 16.2. The van der Waals surface area contributed by atoms with E-state index in [0.29, 0.717) is 18.0 Å². The number of aryl methyl sites for hydroxylation is 2. The fourth-order valence-corrected chi connectivity index (χ4v) is 4.46. The van der Waals surface area contributed by atoms with Crippen LogP contribution in [0.25, 0.3) is 11.0 Å². The molecule has 0 aliphatic heterocycles. The van der Waals surface area contributed by atoms with Crippen LogP contribution in [0.5, 0.6) is 0 Å². The molecule has 27 heavy (non-hydrogen) atoms. The van der Waals surface area contributed by atoms with Gasteiger partial charge in [-0.15, -0.1) is 11.3 Å². The van der Waals surface area contributed by atoms with E-state index in [1.165, 1.54) is 4.88 Å². The number of carbonyl (C=O) groups is 1. The van der Waals surface area contributed by atoms with Crippen molar-refractivity contribution in [1.82, 2.24) is 25.0 Å². The Morgan fingerprint density at radius 2 is 2.22 bits per heavy atom. The first-order chi connectivity index (χ1) is 13.0. The minimum Gasteiger partial charge on any atom is -0.350 e. The largest absolute Gasteiger partial charge is 0.350 e. The number of nitrogens with one attached hydrogen (secondary N) is 1. The van der Waals surface area contributed by atoms with Crippen molar-refractivity contribution in [1.29, 1.82) is 0 Å². The molecular weight excluding hydrogens is 358 g/mol. The lowest BCUT2D eigenvalue weighted by molar-refractivity contribution is 0.0943. The number of pyridine rings is 1. The first-order valence-corrected chi connectivity index (χ1v) is 10.2. The summed E-state index contributed by atoms with van der Waals surface area (Å²) >= 11 is 1.71. The van der Waals surface area contributed by atoms with Gasteiger partial charge in [0.05, 0.1) is 22.7 Å². The molecular formula is C20H25N5OS. The van der Waals surface area contributed by atoms with Crippen molar-refractivity contribution in [2.75, 3.05) is 20.6 Å². The second kappa shape index (κ2) is 7.05. The van der Waals surface area contributed by atoms with Crippen LogP contribution >= 0.6 is 11.3 Å². The van der Waals surface area contributed by atoms with Crippen molar-refractivity contribution in [3.63, 3.8) is 0 Å². The van der Waals surface area contributed by atoms with E-state index in [1.54, 1.807) is 16.0 Å². The summed E-state index contributed by atoms with van der Waals surface area (Å²) in [7, 11) is 5.97. The minimum absolute atomic E-state index is 0.0520. The van der Waals surface area contributed by atoms with Gasteiger partial charge in [0.15, 0.2) is 5.65 Å². The summed E-state index contributed by atoms with van der Waals surface area (Å²) in [6, 6.07) is 6.29. The SMILES string of the molecule is Cc1nn(C)c2nc(C3CC3)cc(C(=O)NCC(c3cccs3)N(C)C)c12. The second-order valence-corrected chi connectivity index (χ2v) is 8.46. The highest BCUT2D eigenvalue weighted by atomic mass is 32.1. The van der Waals surface area contributed by atoms with Gasteiger partial charge in [0.1, 0.15) is 0 Å². The molecule has 6 nitrogen and oxygen atoms in total. The third kappa shape index (κ3) is 3.49. The molecule has 7 heteroatoms. The molecule has 3 aromatic rings. The third-order valence-electron chi connectivity index (χ3n) is 5.18. The van der Waals surface area contributed by atoms with E-state index in [0.717, 1.165) is 35.3 Å². The molecule has 0 spiro atoms. The molecule has 0 radical (unpaired) electrons. The summed E-state index contributed by atoms with van der Waals surface area (Å²) in [6.45, 7) is 2.50. The third-order valence-corrected chi connectivity index (χ3v) is 6.15. The molecule has 0 bridgehead atoms. The highest BCUT2D eigenvalue weighted by Crippen LogP contribution is 2.40. The average Bonchev–Trinajstić information content (AvgIpc) is 3.27.